The number of carbonyl (C=O) groups is 1. The lowest BCUT2D eigenvalue weighted by Crippen LogP contribution is -2.34. The van der Waals surface area contributed by atoms with Crippen molar-refractivity contribution >= 4 is 17.7 Å². The van der Waals surface area contributed by atoms with Gasteiger partial charge in [-0.2, -0.15) is 0 Å². The Bertz CT molecular complexity index is 1080. The highest BCUT2D eigenvalue weighted by Crippen LogP contribution is 2.34. The maximum Gasteiger partial charge on any atom is 0.254 e. The minimum atomic E-state index is -0.235. The van der Waals surface area contributed by atoms with Crippen LogP contribution in [0.25, 0.3) is 0 Å². The van der Waals surface area contributed by atoms with E-state index in [-0.39, 0.29) is 35.4 Å². The van der Waals surface area contributed by atoms with E-state index in [9.17, 15) is 9.59 Å². The van der Waals surface area contributed by atoms with Crippen molar-refractivity contribution in [2.24, 2.45) is 0 Å². The summed E-state index contributed by atoms with van der Waals surface area (Å²) in [6, 6.07) is 21.1. The molecule has 0 aliphatic carbocycles. The van der Waals surface area contributed by atoms with Crippen LogP contribution in [-0.4, -0.2) is 21.2 Å². The summed E-state index contributed by atoms with van der Waals surface area (Å²) in [6.45, 7) is 6.14. The Hall–Kier alpha value is -2.86. The second-order valence-electron chi connectivity index (χ2n) is 8.87. The van der Waals surface area contributed by atoms with Crippen LogP contribution in [0, 0.1) is 0 Å². The zero-order valence-corrected chi connectivity index (χ0v) is 18.9. The molecule has 1 N–H and O–H groups in total. The molecule has 1 unspecified atom stereocenters. The fraction of sp³-hybridized carbons (Fsp3) is 0.320. The molecule has 0 bridgehead atoms. The molecule has 1 amide bonds. The van der Waals surface area contributed by atoms with E-state index >= 15 is 0 Å². The lowest BCUT2D eigenvalue weighted by atomic mass is 9.92. The Morgan fingerprint density at radius 3 is 2.23 bits per heavy atom. The first-order valence-corrected chi connectivity index (χ1v) is 11.5. The number of hydrogen-bond donors (Lipinski definition) is 1. The first-order valence-electron chi connectivity index (χ1n) is 10.5. The van der Waals surface area contributed by atoms with Gasteiger partial charge in [0.25, 0.3) is 5.56 Å². The van der Waals surface area contributed by atoms with Gasteiger partial charge < -0.3 is 5.32 Å². The highest BCUT2D eigenvalue weighted by molar-refractivity contribution is 7.99. The van der Waals surface area contributed by atoms with Crippen molar-refractivity contribution in [1.82, 2.24) is 14.9 Å². The molecule has 1 atom stereocenters. The third-order valence-electron chi connectivity index (χ3n) is 5.45. The summed E-state index contributed by atoms with van der Waals surface area (Å²) < 4.78 is 1.68. The van der Waals surface area contributed by atoms with E-state index in [1.807, 2.05) is 81.4 Å². The minimum absolute atomic E-state index is 0.0806. The van der Waals surface area contributed by atoms with Gasteiger partial charge in [0.15, 0.2) is 5.16 Å². The molecule has 1 aromatic heterocycles. The Morgan fingerprint density at radius 1 is 1.10 bits per heavy atom. The summed E-state index contributed by atoms with van der Waals surface area (Å²) in [7, 11) is 0. The maximum absolute atomic E-state index is 13.0. The summed E-state index contributed by atoms with van der Waals surface area (Å²) in [5.41, 5.74) is 2.56. The number of aromatic nitrogens is 2. The molecule has 160 valence electrons. The largest absolute Gasteiger partial charge is 0.345 e. The maximum atomic E-state index is 13.0. The first-order chi connectivity index (χ1) is 14.8. The minimum Gasteiger partial charge on any atom is -0.345 e. The summed E-state index contributed by atoms with van der Waals surface area (Å²) >= 11 is 1.55. The van der Waals surface area contributed by atoms with Crippen LogP contribution in [0.5, 0.6) is 0 Å². The third kappa shape index (κ3) is 4.74. The van der Waals surface area contributed by atoms with Crippen molar-refractivity contribution in [1.29, 1.82) is 0 Å². The van der Waals surface area contributed by atoms with E-state index in [1.165, 1.54) is 0 Å². The SMILES string of the molecule is CC(C)(C)c1cc(=O)n2c(n1)SCC2CC(=O)NC(c1ccccc1)c1ccccc1. The second-order valence-corrected chi connectivity index (χ2v) is 9.86. The molecule has 2 heterocycles. The van der Waals surface area contributed by atoms with Gasteiger partial charge in [-0.3, -0.25) is 14.2 Å². The van der Waals surface area contributed by atoms with E-state index in [4.69, 9.17) is 4.98 Å². The highest BCUT2D eigenvalue weighted by Gasteiger charge is 2.30. The number of benzene rings is 2. The average molecular weight is 434 g/mol. The van der Waals surface area contributed by atoms with Gasteiger partial charge in [-0.1, -0.05) is 93.2 Å². The Morgan fingerprint density at radius 2 is 1.68 bits per heavy atom. The van der Waals surface area contributed by atoms with E-state index in [0.29, 0.717) is 10.9 Å². The molecule has 0 spiro atoms. The molecular formula is C25H27N3O2S. The van der Waals surface area contributed by atoms with Crippen molar-refractivity contribution < 1.29 is 4.79 Å². The van der Waals surface area contributed by atoms with Crippen LogP contribution in [0.1, 0.15) is 56.1 Å². The van der Waals surface area contributed by atoms with Gasteiger partial charge in [0.2, 0.25) is 5.91 Å². The monoisotopic (exact) mass is 433 g/mol. The van der Waals surface area contributed by atoms with E-state index in [0.717, 1.165) is 16.8 Å². The van der Waals surface area contributed by atoms with Gasteiger partial charge in [0.1, 0.15) is 0 Å². The van der Waals surface area contributed by atoms with Gasteiger partial charge >= 0.3 is 0 Å². The number of amides is 1. The molecule has 0 fully saturated rings. The molecule has 3 aromatic rings. The number of thioether (sulfide) groups is 1. The molecule has 1 aliphatic rings. The Balaban J connectivity index is 1.55. The van der Waals surface area contributed by atoms with Gasteiger partial charge in [-0.25, -0.2) is 4.98 Å². The lowest BCUT2D eigenvalue weighted by molar-refractivity contribution is -0.122. The zero-order valence-electron chi connectivity index (χ0n) is 18.0. The summed E-state index contributed by atoms with van der Waals surface area (Å²) in [6.07, 6.45) is 0.243. The number of fused-ring (bicyclic) bond motifs is 1. The predicted octanol–water partition coefficient (Wildman–Crippen LogP) is 4.48. The van der Waals surface area contributed by atoms with Gasteiger partial charge in [0.05, 0.1) is 17.8 Å². The van der Waals surface area contributed by atoms with Crippen molar-refractivity contribution in [3.63, 3.8) is 0 Å². The van der Waals surface area contributed by atoms with Crippen LogP contribution in [0.2, 0.25) is 0 Å². The molecule has 0 saturated heterocycles. The van der Waals surface area contributed by atoms with E-state index in [1.54, 1.807) is 22.4 Å². The van der Waals surface area contributed by atoms with Crippen LogP contribution < -0.4 is 10.9 Å². The van der Waals surface area contributed by atoms with Crippen LogP contribution in [0.4, 0.5) is 0 Å². The van der Waals surface area contributed by atoms with Crippen molar-refractivity contribution in [2.75, 3.05) is 5.75 Å². The molecule has 4 rings (SSSR count). The summed E-state index contributed by atoms with van der Waals surface area (Å²) in [5.74, 6) is 0.591. The standard InChI is InChI=1S/C25H27N3O2S/c1-25(2,3)20-15-22(30)28-19(16-31-24(28)26-20)14-21(29)27-23(17-10-6-4-7-11-17)18-12-8-5-9-13-18/h4-13,15,19,23H,14,16H2,1-3H3,(H,27,29). The molecular weight excluding hydrogens is 406 g/mol. The molecule has 6 heteroatoms. The quantitative estimate of drug-likeness (QED) is 0.603. The second kappa shape index (κ2) is 8.71. The number of rotatable bonds is 5. The Kier molecular flexibility index (Phi) is 6.01. The normalized spacial score (nSPS) is 15.7. The molecule has 0 radical (unpaired) electrons. The van der Waals surface area contributed by atoms with Gasteiger partial charge in [-0.05, 0) is 11.1 Å². The van der Waals surface area contributed by atoms with E-state index in [2.05, 4.69) is 5.32 Å². The average Bonchev–Trinajstić information content (AvgIpc) is 3.16. The summed E-state index contributed by atoms with van der Waals surface area (Å²) in [5, 5.41) is 3.88. The molecule has 1 aliphatic heterocycles. The number of hydrogen-bond acceptors (Lipinski definition) is 4. The van der Waals surface area contributed by atoms with Crippen molar-refractivity contribution in [3.8, 4) is 0 Å². The van der Waals surface area contributed by atoms with Gasteiger partial charge in [-0.15, -0.1) is 0 Å². The topological polar surface area (TPSA) is 64.0 Å². The fourth-order valence-electron chi connectivity index (χ4n) is 3.77. The fourth-order valence-corrected chi connectivity index (χ4v) is 4.92. The third-order valence-corrected chi connectivity index (χ3v) is 6.55. The van der Waals surface area contributed by atoms with Crippen LogP contribution in [0.15, 0.2) is 76.7 Å². The van der Waals surface area contributed by atoms with Crippen molar-refractivity contribution in [3.05, 3.63) is 93.9 Å². The lowest BCUT2D eigenvalue weighted by Gasteiger charge is -2.22. The molecule has 2 aromatic carbocycles. The van der Waals surface area contributed by atoms with Crippen LogP contribution in [-0.2, 0) is 10.2 Å². The zero-order chi connectivity index (χ0) is 22.0. The number of nitrogens with zero attached hydrogens (tertiary/aromatic N) is 2. The predicted molar refractivity (Wildman–Crippen MR) is 124 cm³/mol. The smallest absolute Gasteiger partial charge is 0.254 e. The highest BCUT2D eigenvalue weighted by atomic mass is 32.2. The van der Waals surface area contributed by atoms with Gasteiger partial charge in [0, 0.05) is 23.7 Å². The summed E-state index contributed by atoms with van der Waals surface area (Å²) in [4.78, 5) is 30.6. The number of carbonyl (C=O) groups excluding carboxylic acids is 1. The molecule has 31 heavy (non-hydrogen) atoms. The molecule has 0 saturated carbocycles. The van der Waals surface area contributed by atoms with Crippen LogP contribution >= 0.6 is 11.8 Å². The Labute approximate surface area is 186 Å². The number of nitrogens with one attached hydrogen (secondary N) is 1. The van der Waals surface area contributed by atoms with Crippen molar-refractivity contribution in [2.45, 2.75) is 49.8 Å². The van der Waals surface area contributed by atoms with Crippen LogP contribution in [0.3, 0.4) is 0 Å². The molecule has 5 nitrogen and oxygen atoms in total. The van der Waals surface area contributed by atoms with E-state index < -0.39 is 0 Å². The first kappa shape index (κ1) is 21.4.